The van der Waals surface area contributed by atoms with Gasteiger partial charge in [0, 0.05) is 26.2 Å². The molecule has 1 atom stereocenters. The van der Waals surface area contributed by atoms with Gasteiger partial charge in [0.15, 0.2) is 0 Å². The Bertz CT molecular complexity index is 927. The molecule has 1 fully saturated rings. The minimum Gasteiger partial charge on any atom is -0.338 e. The van der Waals surface area contributed by atoms with Crippen LogP contribution in [-0.2, 0) is 14.8 Å². The lowest BCUT2D eigenvalue weighted by molar-refractivity contribution is -0.133. The first kappa shape index (κ1) is 22.4. The van der Waals surface area contributed by atoms with Crippen LogP contribution in [0.15, 0.2) is 53.4 Å². The van der Waals surface area contributed by atoms with E-state index in [0.717, 1.165) is 16.7 Å². The van der Waals surface area contributed by atoms with Crippen molar-refractivity contribution in [1.82, 2.24) is 9.21 Å². The first-order valence-electron chi connectivity index (χ1n) is 8.97. The van der Waals surface area contributed by atoms with Gasteiger partial charge in [-0.1, -0.05) is 36.4 Å². The van der Waals surface area contributed by atoms with Gasteiger partial charge in [0.25, 0.3) is 0 Å². The fourth-order valence-corrected chi connectivity index (χ4v) is 4.68. The summed E-state index contributed by atoms with van der Waals surface area (Å²) in [6.07, 6.45) is 0. The number of carbonyl (C=O) groups excluding carboxylic acids is 1. The highest BCUT2D eigenvalue weighted by atomic mass is 35.5. The Kier molecular flexibility index (Phi) is 7.22. The molecule has 2 N–H and O–H groups in total. The lowest BCUT2D eigenvalue weighted by Gasteiger charge is -2.35. The van der Waals surface area contributed by atoms with Crippen LogP contribution in [0.3, 0.4) is 0 Å². The molecular formula is C20H26ClN3O3S. The molecule has 0 aliphatic carbocycles. The van der Waals surface area contributed by atoms with Gasteiger partial charge in [0.1, 0.15) is 6.04 Å². The van der Waals surface area contributed by atoms with Crippen LogP contribution in [0.4, 0.5) is 0 Å². The number of aryl methyl sites for hydroxylation is 2. The molecule has 2 aromatic carbocycles. The second-order valence-corrected chi connectivity index (χ2v) is 8.80. The van der Waals surface area contributed by atoms with Crippen molar-refractivity contribution in [3.05, 3.63) is 65.2 Å². The summed E-state index contributed by atoms with van der Waals surface area (Å²) in [5.41, 5.74) is 8.84. The van der Waals surface area contributed by atoms with Gasteiger partial charge in [0.05, 0.1) is 4.90 Å². The van der Waals surface area contributed by atoms with Gasteiger partial charge in [-0.05, 0) is 42.7 Å². The predicted molar refractivity (Wildman–Crippen MR) is 112 cm³/mol. The Balaban J connectivity index is 0.00000280. The summed E-state index contributed by atoms with van der Waals surface area (Å²) in [7, 11) is -3.56. The number of nitrogens with two attached hydrogens (primary N) is 1. The van der Waals surface area contributed by atoms with Crippen molar-refractivity contribution < 1.29 is 13.2 Å². The van der Waals surface area contributed by atoms with Crippen molar-refractivity contribution in [2.75, 3.05) is 26.2 Å². The van der Waals surface area contributed by atoms with Crippen LogP contribution in [0.1, 0.15) is 22.7 Å². The molecule has 1 saturated heterocycles. The lowest BCUT2D eigenvalue weighted by atomic mass is 10.1. The Morgan fingerprint density at radius 1 is 0.964 bits per heavy atom. The first-order chi connectivity index (χ1) is 12.8. The van der Waals surface area contributed by atoms with Crippen molar-refractivity contribution in [1.29, 1.82) is 0 Å². The van der Waals surface area contributed by atoms with Crippen molar-refractivity contribution in [3.8, 4) is 0 Å². The molecule has 8 heteroatoms. The minimum absolute atomic E-state index is 0. The van der Waals surface area contributed by atoms with Gasteiger partial charge in [0.2, 0.25) is 15.9 Å². The van der Waals surface area contributed by atoms with Crippen LogP contribution >= 0.6 is 12.4 Å². The quantitative estimate of drug-likeness (QED) is 0.817. The number of sulfonamides is 1. The molecule has 1 heterocycles. The van der Waals surface area contributed by atoms with E-state index >= 15 is 0 Å². The van der Waals surface area contributed by atoms with E-state index < -0.39 is 16.1 Å². The van der Waals surface area contributed by atoms with Crippen molar-refractivity contribution >= 4 is 28.3 Å². The van der Waals surface area contributed by atoms with Crippen LogP contribution in [0.5, 0.6) is 0 Å². The summed E-state index contributed by atoms with van der Waals surface area (Å²) in [6.45, 7) is 5.06. The zero-order chi connectivity index (χ0) is 19.6. The molecule has 0 saturated carbocycles. The molecule has 1 amide bonds. The molecule has 0 aromatic heterocycles. The Morgan fingerprint density at radius 2 is 1.57 bits per heavy atom. The average Bonchev–Trinajstić information content (AvgIpc) is 2.69. The van der Waals surface area contributed by atoms with Crippen molar-refractivity contribution in [2.24, 2.45) is 5.73 Å². The Labute approximate surface area is 172 Å². The van der Waals surface area contributed by atoms with E-state index in [1.54, 1.807) is 17.0 Å². The highest BCUT2D eigenvalue weighted by Gasteiger charge is 2.32. The molecular weight excluding hydrogens is 398 g/mol. The average molecular weight is 424 g/mol. The SMILES string of the molecule is Cc1ccc(S(=O)(=O)N2CCN(C(=O)C(N)c3ccccc3)CC2)cc1C.Cl. The third-order valence-corrected chi connectivity index (χ3v) is 6.99. The van der Waals surface area contributed by atoms with Crippen LogP contribution in [0, 0.1) is 13.8 Å². The minimum atomic E-state index is -3.56. The van der Waals surface area contributed by atoms with Crippen LogP contribution in [-0.4, -0.2) is 49.7 Å². The number of hydrogen-bond acceptors (Lipinski definition) is 4. The van der Waals surface area contributed by atoms with Crippen molar-refractivity contribution in [3.63, 3.8) is 0 Å². The van der Waals surface area contributed by atoms with E-state index in [9.17, 15) is 13.2 Å². The van der Waals surface area contributed by atoms with Gasteiger partial charge >= 0.3 is 0 Å². The Hall–Kier alpha value is -1.93. The van der Waals surface area contributed by atoms with E-state index in [2.05, 4.69) is 0 Å². The van der Waals surface area contributed by atoms with Gasteiger partial charge in [-0.25, -0.2) is 8.42 Å². The summed E-state index contributed by atoms with van der Waals surface area (Å²) in [4.78, 5) is 14.6. The summed E-state index contributed by atoms with van der Waals surface area (Å²) in [5, 5.41) is 0. The number of nitrogens with zero attached hydrogens (tertiary/aromatic N) is 2. The maximum absolute atomic E-state index is 12.9. The third-order valence-electron chi connectivity index (χ3n) is 5.09. The van der Waals surface area contributed by atoms with Gasteiger partial charge in [-0.15, -0.1) is 12.4 Å². The van der Waals surface area contributed by atoms with Gasteiger partial charge in [-0.2, -0.15) is 4.31 Å². The number of hydrogen-bond donors (Lipinski definition) is 1. The zero-order valence-electron chi connectivity index (χ0n) is 16.0. The van der Waals surface area contributed by atoms with E-state index in [0.29, 0.717) is 18.0 Å². The predicted octanol–water partition coefficient (Wildman–Crippen LogP) is 2.26. The molecule has 1 aliphatic rings. The fraction of sp³-hybridized carbons (Fsp3) is 0.350. The second-order valence-electron chi connectivity index (χ2n) is 6.86. The fourth-order valence-electron chi connectivity index (χ4n) is 3.17. The largest absolute Gasteiger partial charge is 0.338 e. The van der Waals surface area contributed by atoms with Crippen LogP contribution < -0.4 is 5.73 Å². The zero-order valence-corrected chi connectivity index (χ0v) is 17.7. The van der Waals surface area contributed by atoms with E-state index in [4.69, 9.17) is 5.73 Å². The van der Waals surface area contributed by atoms with Gasteiger partial charge in [-0.3, -0.25) is 4.79 Å². The first-order valence-corrected chi connectivity index (χ1v) is 10.4. The highest BCUT2D eigenvalue weighted by Crippen LogP contribution is 2.21. The van der Waals surface area contributed by atoms with E-state index in [-0.39, 0.29) is 31.4 Å². The molecule has 1 aliphatic heterocycles. The van der Waals surface area contributed by atoms with E-state index in [1.807, 2.05) is 50.2 Å². The van der Waals surface area contributed by atoms with Crippen LogP contribution in [0.2, 0.25) is 0 Å². The summed E-state index contributed by atoms with van der Waals surface area (Å²) < 4.78 is 27.2. The van der Waals surface area contributed by atoms with E-state index in [1.165, 1.54) is 4.31 Å². The molecule has 28 heavy (non-hydrogen) atoms. The number of benzene rings is 2. The number of rotatable bonds is 4. The molecule has 1 unspecified atom stereocenters. The van der Waals surface area contributed by atoms with Crippen molar-refractivity contribution in [2.45, 2.75) is 24.8 Å². The number of piperazine rings is 1. The smallest absolute Gasteiger partial charge is 0.244 e. The molecule has 3 rings (SSSR count). The Morgan fingerprint density at radius 3 is 2.14 bits per heavy atom. The summed E-state index contributed by atoms with van der Waals surface area (Å²) in [5.74, 6) is -0.176. The molecule has 6 nitrogen and oxygen atoms in total. The second kappa shape index (κ2) is 9.05. The third kappa shape index (κ3) is 4.55. The summed E-state index contributed by atoms with van der Waals surface area (Å²) >= 11 is 0. The molecule has 2 aromatic rings. The standard InChI is InChI=1S/C20H25N3O3S.ClH/c1-15-8-9-18(14-16(15)2)27(25,26)23-12-10-22(11-13-23)20(24)19(21)17-6-4-3-5-7-17;/h3-9,14,19H,10-13,21H2,1-2H3;1H. The molecule has 152 valence electrons. The van der Waals surface area contributed by atoms with Crippen LogP contribution in [0.25, 0.3) is 0 Å². The number of amides is 1. The number of halogens is 1. The normalized spacial score (nSPS) is 16.3. The molecule has 0 spiro atoms. The maximum atomic E-state index is 12.9. The summed E-state index contributed by atoms with van der Waals surface area (Å²) in [6, 6.07) is 13.6. The molecule has 0 radical (unpaired) electrons. The maximum Gasteiger partial charge on any atom is 0.244 e. The lowest BCUT2D eigenvalue weighted by Crippen LogP contribution is -2.52. The number of carbonyl (C=O) groups is 1. The topological polar surface area (TPSA) is 83.7 Å². The molecule has 0 bridgehead atoms. The van der Waals surface area contributed by atoms with Gasteiger partial charge < -0.3 is 10.6 Å². The highest BCUT2D eigenvalue weighted by molar-refractivity contribution is 7.89. The monoisotopic (exact) mass is 423 g/mol.